The topological polar surface area (TPSA) is 60.5 Å². The van der Waals surface area contributed by atoms with Crippen LogP contribution in [-0.2, 0) is 21.5 Å². The quantitative estimate of drug-likeness (QED) is 0.632. The van der Waals surface area contributed by atoms with Crippen molar-refractivity contribution in [1.29, 1.82) is 0 Å². The van der Waals surface area contributed by atoms with E-state index in [1.54, 1.807) is 30.5 Å². The molecule has 2 aromatic carbocycles. The number of amides is 1. The zero-order valence-electron chi connectivity index (χ0n) is 16.8. The van der Waals surface area contributed by atoms with E-state index in [9.17, 15) is 13.6 Å². The van der Waals surface area contributed by atoms with Gasteiger partial charge in [0.05, 0.1) is 5.41 Å². The van der Waals surface area contributed by atoms with Gasteiger partial charge in [-0.05, 0) is 66.4 Å². The molecule has 1 saturated heterocycles. The lowest BCUT2D eigenvalue weighted by Crippen LogP contribution is -2.47. The van der Waals surface area contributed by atoms with Gasteiger partial charge in [0, 0.05) is 32.0 Å². The van der Waals surface area contributed by atoms with Crippen molar-refractivity contribution in [1.82, 2.24) is 10.3 Å². The lowest BCUT2D eigenvalue weighted by atomic mass is 9.73. The summed E-state index contributed by atoms with van der Waals surface area (Å²) in [6, 6.07) is 15.3. The van der Waals surface area contributed by atoms with Crippen LogP contribution in [0.2, 0.25) is 0 Å². The lowest BCUT2D eigenvalue weighted by molar-refractivity contribution is -0.130. The molecule has 1 fully saturated rings. The summed E-state index contributed by atoms with van der Waals surface area (Å²) in [5.74, 6) is -0.0872. The number of ether oxygens (including phenoxy) is 2. The smallest absolute Gasteiger partial charge is 0.231 e. The number of carbonyl (C=O) groups is 1. The van der Waals surface area contributed by atoms with Crippen molar-refractivity contribution in [3.8, 4) is 11.6 Å². The van der Waals surface area contributed by atoms with Crippen LogP contribution in [-0.4, -0.2) is 24.1 Å². The van der Waals surface area contributed by atoms with Gasteiger partial charge in [-0.3, -0.25) is 4.79 Å². The second-order valence-electron chi connectivity index (χ2n) is 7.45. The molecule has 1 amide bonds. The van der Waals surface area contributed by atoms with Crippen LogP contribution in [0.25, 0.3) is 0 Å². The highest BCUT2D eigenvalue weighted by molar-refractivity contribution is 5.88. The number of aromatic nitrogens is 1. The van der Waals surface area contributed by atoms with E-state index in [1.807, 2.05) is 0 Å². The summed E-state index contributed by atoms with van der Waals surface area (Å²) < 4.78 is 38.0. The average Bonchev–Trinajstić information content (AvgIpc) is 2.80. The molecule has 0 saturated carbocycles. The number of rotatable bonds is 6. The summed E-state index contributed by atoms with van der Waals surface area (Å²) in [6.07, 6.45) is 2.55. The Morgan fingerprint density at radius 1 is 1.03 bits per heavy atom. The van der Waals surface area contributed by atoms with Crippen LogP contribution in [0.15, 0.2) is 66.9 Å². The van der Waals surface area contributed by atoms with Gasteiger partial charge in [0.15, 0.2) is 0 Å². The molecular formula is C24H22F2N2O3. The van der Waals surface area contributed by atoms with Gasteiger partial charge in [0.25, 0.3) is 0 Å². The number of benzene rings is 2. The van der Waals surface area contributed by atoms with Gasteiger partial charge in [-0.25, -0.2) is 13.8 Å². The Morgan fingerprint density at radius 2 is 1.81 bits per heavy atom. The maximum Gasteiger partial charge on any atom is 0.231 e. The molecule has 0 atom stereocenters. The highest BCUT2D eigenvalue weighted by Gasteiger charge is 2.41. The first-order valence-corrected chi connectivity index (χ1v) is 10.1. The molecule has 1 aliphatic rings. The number of carbonyl (C=O) groups excluding carboxylic acids is 1. The molecule has 1 aliphatic heterocycles. The van der Waals surface area contributed by atoms with Crippen molar-refractivity contribution >= 4 is 5.91 Å². The van der Waals surface area contributed by atoms with E-state index in [1.165, 1.54) is 36.4 Å². The minimum Gasteiger partial charge on any atom is -0.439 e. The summed E-state index contributed by atoms with van der Waals surface area (Å²) in [4.78, 5) is 17.4. The molecule has 0 bridgehead atoms. The fourth-order valence-corrected chi connectivity index (χ4v) is 3.74. The maximum atomic E-state index is 13.8. The molecule has 160 valence electrons. The number of pyridine rings is 1. The molecule has 31 heavy (non-hydrogen) atoms. The fraction of sp³-hybridized carbons (Fsp3) is 0.250. The molecule has 7 heteroatoms. The summed E-state index contributed by atoms with van der Waals surface area (Å²) in [5, 5.41) is 2.98. The first kappa shape index (κ1) is 20.9. The Bertz CT molecular complexity index is 1050. The fourth-order valence-electron chi connectivity index (χ4n) is 3.74. The Hall–Kier alpha value is -3.32. The second-order valence-corrected chi connectivity index (χ2v) is 7.45. The van der Waals surface area contributed by atoms with Gasteiger partial charge in [-0.1, -0.05) is 12.1 Å². The van der Waals surface area contributed by atoms with Crippen molar-refractivity contribution in [3.63, 3.8) is 0 Å². The van der Waals surface area contributed by atoms with Crippen molar-refractivity contribution in [2.75, 3.05) is 13.2 Å². The van der Waals surface area contributed by atoms with Crippen LogP contribution in [0.5, 0.6) is 11.6 Å². The molecular weight excluding hydrogens is 402 g/mol. The average molecular weight is 424 g/mol. The third-order valence-corrected chi connectivity index (χ3v) is 5.45. The molecule has 1 aromatic heterocycles. The number of hydrogen-bond acceptors (Lipinski definition) is 4. The van der Waals surface area contributed by atoms with Crippen LogP contribution in [0.4, 0.5) is 8.78 Å². The minimum atomic E-state index is -0.833. The molecule has 1 N–H and O–H groups in total. The summed E-state index contributed by atoms with van der Waals surface area (Å²) in [5.41, 5.74) is 0.617. The lowest BCUT2D eigenvalue weighted by Gasteiger charge is -2.36. The van der Waals surface area contributed by atoms with E-state index in [0.29, 0.717) is 43.2 Å². The number of nitrogens with zero attached hydrogens (tertiary/aromatic N) is 1. The van der Waals surface area contributed by atoms with E-state index in [0.717, 1.165) is 5.56 Å². The summed E-state index contributed by atoms with van der Waals surface area (Å²) in [7, 11) is 0. The van der Waals surface area contributed by atoms with Gasteiger partial charge in [0.1, 0.15) is 17.4 Å². The molecule has 0 aliphatic carbocycles. The van der Waals surface area contributed by atoms with Gasteiger partial charge in [-0.2, -0.15) is 0 Å². The monoisotopic (exact) mass is 424 g/mol. The van der Waals surface area contributed by atoms with E-state index in [2.05, 4.69) is 10.3 Å². The molecule has 3 aromatic rings. The van der Waals surface area contributed by atoms with Gasteiger partial charge < -0.3 is 14.8 Å². The number of hydrogen-bond donors (Lipinski definition) is 1. The Kier molecular flexibility index (Phi) is 6.23. The minimum absolute atomic E-state index is 0.167. The standard InChI is InChI=1S/C24H22F2N2O3/c25-19-4-6-21(7-5-19)31-22-14-17(8-11-27-22)16-28-23(29)24(9-12-30-13-10-24)18-2-1-3-20(26)15-18/h1-8,11,14-15H,9-10,12-13,16H2,(H,28,29). The Labute approximate surface area is 179 Å². The van der Waals surface area contributed by atoms with Gasteiger partial charge >= 0.3 is 0 Å². The second kappa shape index (κ2) is 9.22. The molecule has 4 rings (SSSR count). The van der Waals surface area contributed by atoms with E-state index >= 15 is 0 Å². The molecule has 2 heterocycles. The maximum absolute atomic E-state index is 13.8. The van der Waals surface area contributed by atoms with E-state index in [-0.39, 0.29) is 24.1 Å². The van der Waals surface area contributed by atoms with Crippen molar-refractivity contribution in [2.45, 2.75) is 24.8 Å². The van der Waals surface area contributed by atoms with Gasteiger partial charge in [0.2, 0.25) is 11.8 Å². The third-order valence-electron chi connectivity index (χ3n) is 5.45. The first-order valence-electron chi connectivity index (χ1n) is 10.1. The van der Waals surface area contributed by atoms with Crippen LogP contribution in [0.3, 0.4) is 0 Å². The number of halogens is 2. The van der Waals surface area contributed by atoms with Gasteiger partial charge in [-0.15, -0.1) is 0 Å². The third kappa shape index (κ3) is 4.88. The SMILES string of the molecule is O=C(NCc1ccnc(Oc2ccc(F)cc2)c1)C1(c2cccc(F)c2)CCOCC1. The predicted molar refractivity (Wildman–Crippen MR) is 111 cm³/mol. The number of nitrogens with one attached hydrogen (secondary N) is 1. The zero-order valence-corrected chi connectivity index (χ0v) is 16.8. The molecule has 5 nitrogen and oxygen atoms in total. The van der Waals surface area contributed by atoms with Crippen molar-refractivity contribution in [3.05, 3.63) is 89.6 Å². The normalized spacial score (nSPS) is 15.3. The van der Waals surface area contributed by atoms with Crippen LogP contribution >= 0.6 is 0 Å². The van der Waals surface area contributed by atoms with Crippen molar-refractivity contribution < 1.29 is 23.0 Å². The predicted octanol–water partition coefficient (Wildman–Crippen LogP) is 4.52. The highest BCUT2D eigenvalue weighted by Crippen LogP contribution is 2.35. The first-order chi connectivity index (χ1) is 15.0. The van der Waals surface area contributed by atoms with E-state index in [4.69, 9.17) is 9.47 Å². The Balaban J connectivity index is 1.47. The largest absolute Gasteiger partial charge is 0.439 e. The molecule has 0 radical (unpaired) electrons. The molecule has 0 unspecified atom stereocenters. The molecule has 0 spiro atoms. The van der Waals surface area contributed by atoms with E-state index < -0.39 is 5.41 Å². The van der Waals surface area contributed by atoms with Crippen LogP contribution in [0.1, 0.15) is 24.0 Å². The van der Waals surface area contributed by atoms with Crippen molar-refractivity contribution in [2.24, 2.45) is 0 Å². The highest BCUT2D eigenvalue weighted by atomic mass is 19.1. The Morgan fingerprint density at radius 3 is 2.55 bits per heavy atom. The zero-order chi connectivity index (χ0) is 21.7. The summed E-state index contributed by atoms with van der Waals surface area (Å²) >= 11 is 0. The summed E-state index contributed by atoms with van der Waals surface area (Å²) in [6.45, 7) is 1.14. The van der Waals surface area contributed by atoms with Crippen LogP contribution in [0, 0.1) is 11.6 Å². The van der Waals surface area contributed by atoms with Crippen LogP contribution < -0.4 is 10.1 Å².